The smallest absolute Gasteiger partial charge is 0.261 e. The van der Waals surface area contributed by atoms with E-state index >= 15 is 0 Å². The zero-order valence-corrected chi connectivity index (χ0v) is 13.2. The number of rotatable bonds is 3. The highest BCUT2D eigenvalue weighted by Crippen LogP contribution is 2.27. The maximum atomic E-state index is 14.0. The van der Waals surface area contributed by atoms with Crippen molar-refractivity contribution >= 4 is 21.4 Å². The number of carbonyl (C=O) groups is 1. The van der Waals surface area contributed by atoms with Crippen LogP contribution in [-0.4, -0.2) is 31.9 Å². The lowest BCUT2D eigenvalue weighted by molar-refractivity contribution is 0.0975. The molecule has 1 unspecified atom stereocenters. The fourth-order valence-corrected chi connectivity index (χ4v) is 4.53. The maximum Gasteiger partial charge on any atom is 0.261 e. The van der Waals surface area contributed by atoms with Crippen LogP contribution in [0.1, 0.15) is 16.8 Å². The molecule has 120 valence electrons. The molecule has 23 heavy (non-hydrogen) atoms. The predicted molar refractivity (Wildman–Crippen MR) is 86.7 cm³/mol. The molecule has 1 heterocycles. The molecule has 3 rings (SSSR count). The Kier molecular flexibility index (Phi) is 4.17. The molecule has 1 amide bonds. The van der Waals surface area contributed by atoms with Gasteiger partial charge in [0.25, 0.3) is 5.91 Å². The number of sulfone groups is 1. The van der Waals surface area contributed by atoms with Crippen LogP contribution < -0.4 is 4.90 Å². The van der Waals surface area contributed by atoms with Crippen LogP contribution in [0, 0.1) is 5.82 Å². The van der Waals surface area contributed by atoms with Crippen molar-refractivity contribution in [2.75, 3.05) is 16.4 Å². The Bertz CT molecular complexity index is 821. The number of amides is 1. The van der Waals surface area contributed by atoms with Crippen molar-refractivity contribution in [2.24, 2.45) is 0 Å². The van der Waals surface area contributed by atoms with Gasteiger partial charge in [0.05, 0.1) is 23.1 Å². The zero-order valence-electron chi connectivity index (χ0n) is 12.4. The van der Waals surface area contributed by atoms with Crippen molar-refractivity contribution in [3.05, 3.63) is 66.0 Å². The Balaban J connectivity index is 2.03. The van der Waals surface area contributed by atoms with E-state index in [1.54, 1.807) is 36.4 Å². The first-order chi connectivity index (χ1) is 11.0. The molecule has 6 heteroatoms. The summed E-state index contributed by atoms with van der Waals surface area (Å²) in [5.41, 5.74) is 0.517. The van der Waals surface area contributed by atoms with Gasteiger partial charge >= 0.3 is 0 Å². The summed E-state index contributed by atoms with van der Waals surface area (Å²) >= 11 is 0. The fraction of sp³-hybridized carbons (Fsp3) is 0.235. The first-order valence-corrected chi connectivity index (χ1v) is 9.14. The maximum absolute atomic E-state index is 14.0. The molecule has 2 aromatic rings. The van der Waals surface area contributed by atoms with Crippen LogP contribution in [0.5, 0.6) is 0 Å². The number of carbonyl (C=O) groups excluding carboxylic acids is 1. The number of hydrogen-bond donors (Lipinski definition) is 0. The van der Waals surface area contributed by atoms with Gasteiger partial charge in [-0.1, -0.05) is 30.3 Å². The van der Waals surface area contributed by atoms with Gasteiger partial charge < -0.3 is 4.90 Å². The van der Waals surface area contributed by atoms with Crippen molar-refractivity contribution in [1.29, 1.82) is 0 Å². The third kappa shape index (κ3) is 3.27. The van der Waals surface area contributed by atoms with Gasteiger partial charge in [0, 0.05) is 5.69 Å². The third-order valence-electron chi connectivity index (χ3n) is 3.93. The van der Waals surface area contributed by atoms with Gasteiger partial charge in [-0.3, -0.25) is 4.79 Å². The van der Waals surface area contributed by atoms with Gasteiger partial charge in [-0.2, -0.15) is 0 Å². The summed E-state index contributed by atoms with van der Waals surface area (Å²) in [5.74, 6) is -1.18. The van der Waals surface area contributed by atoms with E-state index in [0.29, 0.717) is 12.1 Å². The molecule has 0 aromatic heterocycles. The minimum Gasteiger partial charge on any atom is -0.304 e. The summed E-state index contributed by atoms with van der Waals surface area (Å²) in [6.07, 6.45) is 0.359. The van der Waals surface area contributed by atoms with Crippen LogP contribution in [0.4, 0.5) is 10.1 Å². The molecule has 2 aromatic carbocycles. The predicted octanol–water partition coefficient (Wildman–Crippen LogP) is 2.66. The van der Waals surface area contributed by atoms with E-state index in [2.05, 4.69) is 0 Å². The Labute approximate surface area is 134 Å². The molecule has 0 saturated carbocycles. The van der Waals surface area contributed by atoms with Crippen LogP contribution in [0.2, 0.25) is 0 Å². The summed E-state index contributed by atoms with van der Waals surface area (Å²) in [7, 11) is -3.16. The second-order valence-electron chi connectivity index (χ2n) is 5.55. The molecule has 1 aliphatic heterocycles. The quantitative estimate of drug-likeness (QED) is 0.868. The van der Waals surface area contributed by atoms with Crippen LogP contribution in [0.3, 0.4) is 0 Å². The van der Waals surface area contributed by atoms with E-state index in [1.807, 2.05) is 0 Å². The molecule has 0 aliphatic carbocycles. The number of anilines is 1. The highest BCUT2D eigenvalue weighted by atomic mass is 32.2. The van der Waals surface area contributed by atoms with Crippen molar-refractivity contribution < 1.29 is 17.6 Å². The summed E-state index contributed by atoms with van der Waals surface area (Å²) in [6.45, 7) is 0. The third-order valence-corrected chi connectivity index (χ3v) is 5.68. The van der Waals surface area contributed by atoms with Gasteiger partial charge in [0.15, 0.2) is 9.84 Å². The Morgan fingerprint density at radius 3 is 2.30 bits per heavy atom. The van der Waals surface area contributed by atoms with Crippen LogP contribution >= 0.6 is 0 Å². The van der Waals surface area contributed by atoms with E-state index in [4.69, 9.17) is 0 Å². The lowest BCUT2D eigenvalue weighted by Crippen LogP contribution is -2.41. The number of halogens is 1. The monoisotopic (exact) mass is 333 g/mol. The summed E-state index contributed by atoms with van der Waals surface area (Å²) in [6, 6.07) is 14.0. The molecule has 1 atom stereocenters. The number of para-hydroxylation sites is 1. The number of hydrogen-bond acceptors (Lipinski definition) is 3. The Hall–Kier alpha value is -2.21. The van der Waals surface area contributed by atoms with Gasteiger partial charge in [0.1, 0.15) is 5.82 Å². The van der Waals surface area contributed by atoms with Crippen molar-refractivity contribution in [1.82, 2.24) is 0 Å². The van der Waals surface area contributed by atoms with E-state index < -0.39 is 27.6 Å². The lowest BCUT2D eigenvalue weighted by atomic mass is 10.1. The topological polar surface area (TPSA) is 54.5 Å². The Morgan fingerprint density at radius 1 is 1.04 bits per heavy atom. The van der Waals surface area contributed by atoms with E-state index in [9.17, 15) is 17.6 Å². The molecule has 0 bridgehead atoms. The van der Waals surface area contributed by atoms with Gasteiger partial charge in [-0.15, -0.1) is 0 Å². The first kappa shape index (κ1) is 15.7. The molecule has 1 saturated heterocycles. The molecule has 0 spiro atoms. The van der Waals surface area contributed by atoms with Crippen molar-refractivity contribution in [2.45, 2.75) is 12.5 Å². The average Bonchev–Trinajstić information content (AvgIpc) is 2.88. The zero-order chi connectivity index (χ0) is 16.4. The lowest BCUT2D eigenvalue weighted by Gasteiger charge is -2.28. The summed E-state index contributed by atoms with van der Waals surface area (Å²) in [4.78, 5) is 14.3. The van der Waals surface area contributed by atoms with Gasteiger partial charge in [0.2, 0.25) is 0 Å². The Morgan fingerprint density at radius 2 is 1.70 bits per heavy atom. The van der Waals surface area contributed by atoms with Crippen LogP contribution in [-0.2, 0) is 9.84 Å². The van der Waals surface area contributed by atoms with Crippen LogP contribution in [0.25, 0.3) is 0 Å². The molecular weight excluding hydrogens is 317 g/mol. The van der Waals surface area contributed by atoms with Gasteiger partial charge in [-0.05, 0) is 30.7 Å². The first-order valence-electron chi connectivity index (χ1n) is 7.31. The van der Waals surface area contributed by atoms with Crippen LogP contribution in [0.15, 0.2) is 54.6 Å². The highest BCUT2D eigenvalue weighted by molar-refractivity contribution is 7.91. The largest absolute Gasteiger partial charge is 0.304 e. The molecular formula is C17H16FNO3S. The molecule has 0 radical (unpaired) electrons. The number of nitrogens with zero attached hydrogens (tertiary/aromatic N) is 1. The summed E-state index contributed by atoms with van der Waals surface area (Å²) in [5, 5.41) is 0. The minimum absolute atomic E-state index is 0.0472. The van der Waals surface area contributed by atoms with E-state index in [-0.39, 0.29) is 17.1 Å². The molecule has 0 N–H and O–H groups in total. The summed E-state index contributed by atoms with van der Waals surface area (Å²) < 4.78 is 37.6. The molecule has 4 nitrogen and oxygen atoms in total. The number of benzene rings is 2. The van der Waals surface area contributed by atoms with E-state index in [1.165, 1.54) is 23.1 Å². The van der Waals surface area contributed by atoms with Crippen molar-refractivity contribution in [3.63, 3.8) is 0 Å². The van der Waals surface area contributed by atoms with Crippen molar-refractivity contribution in [3.8, 4) is 0 Å². The second kappa shape index (κ2) is 6.12. The SMILES string of the molecule is O=C(c1ccccc1F)N(c1ccccc1)C1CCS(=O)(=O)C1. The molecule has 1 fully saturated rings. The van der Waals surface area contributed by atoms with Gasteiger partial charge in [-0.25, -0.2) is 12.8 Å². The fourth-order valence-electron chi connectivity index (χ4n) is 2.83. The standard InChI is InChI=1S/C17H16FNO3S/c18-16-9-5-4-8-15(16)17(20)19(13-6-2-1-3-7-13)14-10-11-23(21,22)12-14/h1-9,14H,10-12H2. The highest BCUT2D eigenvalue weighted by Gasteiger charge is 2.36. The second-order valence-corrected chi connectivity index (χ2v) is 7.78. The average molecular weight is 333 g/mol. The minimum atomic E-state index is -3.16. The molecule has 1 aliphatic rings. The normalized spacial score (nSPS) is 19.4. The van der Waals surface area contributed by atoms with E-state index in [0.717, 1.165) is 0 Å².